The minimum absolute atomic E-state index is 0.119. The standard InChI is InChI=1S/C13H18N2O2/c1-7-4-8(2)12-9(5-7)10(6-15(12)3)11(14)13(16)17/h4-5,10-11H,6,14H2,1-3H3,(H,16,17). The molecule has 0 radical (unpaired) electrons. The van der Waals surface area contributed by atoms with Gasteiger partial charge in [0.2, 0.25) is 0 Å². The summed E-state index contributed by atoms with van der Waals surface area (Å²) >= 11 is 0. The van der Waals surface area contributed by atoms with E-state index >= 15 is 0 Å². The van der Waals surface area contributed by atoms with Gasteiger partial charge in [0.15, 0.2) is 0 Å². The number of nitrogens with two attached hydrogens (primary N) is 1. The van der Waals surface area contributed by atoms with Crippen molar-refractivity contribution in [1.82, 2.24) is 0 Å². The topological polar surface area (TPSA) is 66.6 Å². The molecule has 0 fully saturated rings. The predicted molar refractivity (Wildman–Crippen MR) is 67.5 cm³/mol. The Kier molecular flexibility index (Phi) is 2.83. The number of hydrogen-bond acceptors (Lipinski definition) is 3. The molecule has 0 saturated carbocycles. The zero-order valence-electron chi connectivity index (χ0n) is 10.4. The molecule has 0 bridgehead atoms. The zero-order chi connectivity index (χ0) is 12.7. The second kappa shape index (κ2) is 4.04. The maximum atomic E-state index is 11.0. The molecular weight excluding hydrogens is 216 g/mol. The number of hydrogen-bond donors (Lipinski definition) is 2. The number of likely N-dealkylation sites (N-methyl/N-ethyl adjacent to an activating group) is 1. The molecule has 1 aliphatic heterocycles. The Morgan fingerprint density at radius 1 is 1.53 bits per heavy atom. The van der Waals surface area contributed by atoms with Crippen molar-refractivity contribution in [2.45, 2.75) is 25.8 Å². The summed E-state index contributed by atoms with van der Waals surface area (Å²) in [6, 6.07) is 3.34. The minimum Gasteiger partial charge on any atom is -0.480 e. The Morgan fingerprint density at radius 3 is 2.76 bits per heavy atom. The van der Waals surface area contributed by atoms with Gasteiger partial charge in [0.05, 0.1) is 0 Å². The fourth-order valence-electron chi connectivity index (χ4n) is 2.76. The molecule has 17 heavy (non-hydrogen) atoms. The Labute approximate surface area is 101 Å². The molecule has 2 rings (SSSR count). The van der Waals surface area contributed by atoms with E-state index in [1.54, 1.807) is 0 Å². The van der Waals surface area contributed by atoms with Gasteiger partial charge in [-0.2, -0.15) is 0 Å². The lowest BCUT2D eigenvalue weighted by Crippen LogP contribution is -2.38. The van der Waals surface area contributed by atoms with Crippen LogP contribution in [0.15, 0.2) is 12.1 Å². The molecule has 2 atom stereocenters. The molecular formula is C13H18N2O2. The van der Waals surface area contributed by atoms with Crippen molar-refractivity contribution in [3.05, 3.63) is 28.8 Å². The van der Waals surface area contributed by atoms with Crippen LogP contribution in [0, 0.1) is 13.8 Å². The summed E-state index contributed by atoms with van der Waals surface area (Å²) in [5, 5.41) is 9.05. The Bertz CT molecular complexity index is 471. The van der Waals surface area contributed by atoms with Crippen LogP contribution in [0.25, 0.3) is 0 Å². The Morgan fingerprint density at radius 2 is 2.18 bits per heavy atom. The van der Waals surface area contributed by atoms with E-state index in [1.807, 2.05) is 14.0 Å². The SMILES string of the molecule is Cc1cc(C)c2c(c1)C(C(N)C(=O)O)CN2C. The third kappa shape index (κ3) is 1.89. The number of carboxylic acid groups (broad SMARTS) is 1. The van der Waals surface area contributed by atoms with Crippen LogP contribution in [0.1, 0.15) is 22.6 Å². The normalized spacial score (nSPS) is 20.2. The van der Waals surface area contributed by atoms with Crippen LogP contribution >= 0.6 is 0 Å². The summed E-state index contributed by atoms with van der Waals surface area (Å²) in [5.74, 6) is -1.05. The van der Waals surface area contributed by atoms with Crippen LogP contribution in [0.5, 0.6) is 0 Å². The van der Waals surface area contributed by atoms with Crippen LogP contribution < -0.4 is 10.6 Å². The minimum atomic E-state index is -0.935. The molecule has 0 aromatic heterocycles. The average molecular weight is 234 g/mol. The molecule has 0 saturated heterocycles. The first kappa shape index (κ1) is 11.9. The van der Waals surface area contributed by atoms with E-state index in [2.05, 4.69) is 24.0 Å². The quantitative estimate of drug-likeness (QED) is 0.808. The van der Waals surface area contributed by atoms with Crippen LogP contribution in [0.3, 0.4) is 0 Å². The summed E-state index contributed by atoms with van der Waals surface area (Å²) in [6.07, 6.45) is 0. The van der Waals surface area contributed by atoms with Crippen molar-refractivity contribution >= 4 is 11.7 Å². The monoisotopic (exact) mass is 234 g/mol. The van der Waals surface area contributed by atoms with E-state index in [0.717, 1.165) is 16.8 Å². The molecule has 1 aromatic rings. The zero-order valence-corrected chi connectivity index (χ0v) is 10.4. The Hall–Kier alpha value is -1.55. The van der Waals surface area contributed by atoms with Gasteiger partial charge < -0.3 is 15.7 Å². The number of fused-ring (bicyclic) bond motifs is 1. The lowest BCUT2D eigenvalue weighted by atomic mass is 9.91. The first-order chi connectivity index (χ1) is 7.91. The number of aryl methyl sites for hydroxylation is 2. The highest BCUT2D eigenvalue weighted by Gasteiger charge is 2.35. The number of benzene rings is 1. The van der Waals surface area contributed by atoms with Crippen molar-refractivity contribution < 1.29 is 9.90 Å². The van der Waals surface area contributed by atoms with E-state index in [9.17, 15) is 4.79 Å². The van der Waals surface area contributed by atoms with E-state index < -0.39 is 12.0 Å². The number of rotatable bonds is 2. The highest BCUT2D eigenvalue weighted by Crippen LogP contribution is 2.39. The molecule has 2 unspecified atom stereocenters. The van der Waals surface area contributed by atoms with Crippen molar-refractivity contribution in [2.24, 2.45) is 5.73 Å². The summed E-state index contributed by atoms with van der Waals surface area (Å²) < 4.78 is 0. The summed E-state index contributed by atoms with van der Waals surface area (Å²) in [7, 11) is 1.98. The molecule has 1 aromatic carbocycles. The van der Waals surface area contributed by atoms with Crippen LogP contribution in [-0.4, -0.2) is 30.7 Å². The first-order valence-corrected chi connectivity index (χ1v) is 5.72. The molecule has 1 aliphatic rings. The molecule has 92 valence electrons. The maximum absolute atomic E-state index is 11.0. The first-order valence-electron chi connectivity index (χ1n) is 5.72. The van der Waals surface area contributed by atoms with Crippen molar-refractivity contribution in [3.63, 3.8) is 0 Å². The molecule has 1 heterocycles. The van der Waals surface area contributed by atoms with E-state index in [-0.39, 0.29) is 5.92 Å². The predicted octanol–water partition coefficient (Wildman–Crippen LogP) is 1.25. The highest BCUT2D eigenvalue weighted by molar-refractivity contribution is 5.77. The smallest absolute Gasteiger partial charge is 0.321 e. The van der Waals surface area contributed by atoms with Crippen molar-refractivity contribution in [2.75, 3.05) is 18.5 Å². The molecule has 3 N–H and O–H groups in total. The fourth-order valence-corrected chi connectivity index (χ4v) is 2.76. The second-order valence-electron chi connectivity index (χ2n) is 4.87. The van der Waals surface area contributed by atoms with Gasteiger partial charge in [-0.3, -0.25) is 4.79 Å². The fraction of sp³-hybridized carbons (Fsp3) is 0.462. The molecule has 4 heteroatoms. The van der Waals surface area contributed by atoms with Gasteiger partial charge in [-0.15, -0.1) is 0 Å². The Balaban J connectivity index is 2.50. The highest BCUT2D eigenvalue weighted by atomic mass is 16.4. The van der Waals surface area contributed by atoms with Crippen LogP contribution in [0.2, 0.25) is 0 Å². The van der Waals surface area contributed by atoms with E-state index in [4.69, 9.17) is 10.8 Å². The molecule has 0 amide bonds. The molecule has 0 aliphatic carbocycles. The van der Waals surface area contributed by atoms with Crippen LogP contribution in [0.4, 0.5) is 5.69 Å². The molecule has 4 nitrogen and oxygen atoms in total. The number of nitrogens with zero attached hydrogens (tertiary/aromatic N) is 1. The van der Waals surface area contributed by atoms with Gasteiger partial charge in [-0.05, 0) is 25.0 Å². The van der Waals surface area contributed by atoms with Gasteiger partial charge >= 0.3 is 5.97 Å². The van der Waals surface area contributed by atoms with Gasteiger partial charge in [0.25, 0.3) is 0 Å². The average Bonchev–Trinajstić information content (AvgIpc) is 2.54. The van der Waals surface area contributed by atoms with E-state index in [1.165, 1.54) is 5.56 Å². The number of aliphatic carboxylic acids is 1. The van der Waals surface area contributed by atoms with Crippen molar-refractivity contribution in [1.29, 1.82) is 0 Å². The lowest BCUT2D eigenvalue weighted by Gasteiger charge is -2.16. The van der Waals surface area contributed by atoms with Gasteiger partial charge in [0.1, 0.15) is 6.04 Å². The van der Waals surface area contributed by atoms with Gasteiger partial charge in [0, 0.05) is 25.2 Å². The van der Waals surface area contributed by atoms with E-state index in [0.29, 0.717) is 6.54 Å². The second-order valence-corrected chi connectivity index (χ2v) is 4.87. The summed E-state index contributed by atoms with van der Waals surface area (Å²) in [4.78, 5) is 13.1. The number of carbonyl (C=O) groups is 1. The molecule has 0 spiro atoms. The maximum Gasteiger partial charge on any atom is 0.321 e. The third-order valence-corrected chi connectivity index (χ3v) is 3.44. The number of carboxylic acids is 1. The van der Waals surface area contributed by atoms with Crippen LogP contribution in [-0.2, 0) is 4.79 Å². The largest absolute Gasteiger partial charge is 0.480 e. The van der Waals surface area contributed by atoms with Crippen molar-refractivity contribution in [3.8, 4) is 0 Å². The lowest BCUT2D eigenvalue weighted by molar-refractivity contribution is -0.139. The van der Waals surface area contributed by atoms with Gasteiger partial charge in [-0.1, -0.05) is 17.7 Å². The summed E-state index contributed by atoms with van der Waals surface area (Å²) in [5.41, 5.74) is 10.3. The third-order valence-electron chi connectivity index (χ3n) is 3.44. The van der Waals surface area contributed by atoms with Gasteiger partial charge in [-0.25, -0.2) is 0 Å². The number of anilines is 1. The summed E-state index contributed by atoms with van der Waals surface area (Å²) in [6.45, 7) is 4.75.